The fraction of sp³-hybridized carbons (Fsp3) is 0.824. The van der Waals surface area contributed by atoms with Crippen molar-refractivity contribution in [2.75, 3.05) is 6.54 Å². The maximum atomic E-state index is 6.20. The van der Waals surface area contributed by atoms with Crippen LogP contribution in [-0.2, 0) is 0 Å². The lowest BCUT2D eigenvalue weighted by Gasteiger charge is -2.56. The van der Waals surface area contributed by atoms with Crippen LogP contribution in [0.4, 0.5) is 0 Å². The van der Waals surface area contributed by atoms with Crippen molar-refractivity contribution in [1.29, 1.82) is 0 Å². The van der Waals surface area contributed by atoms with Crippen LogP contribution >= 0.6 is 0 Å². The van der Waals surface area contributed by atoms with E-state index in [1.807, 2.05) is 0 Å². The number of nitrogens with zero attached hydrogens (tertiary/aromatic N) is 2. The molecule has 0 aliphatic heterocycles. The topological polar surface area (TPSA) is 43.8 Å². The number of hydrogen-bond donors (Lipinski definition) is 1. The quantitative estimate of drug-likeness (QED) is 0.919. The van der Waals surface area contributed by atoms with Crippen molar-refractivity contribution in [3.63, 3.8) is 0 Å². The monoisotopic (exact) mass is 273 g/mol. The number of hydrogen-bond acceptors (Lipinski definition) is 2. The molecule has 0 spiro atoms. The van der Waals surface area contributed by atoms with E-state index in [0.717, 1.165) is 41.8 Å². The lowest BCUT2D eigenvalue weighted by atomic mass is 9.50. The van der Waals surface area contributed by atoms with Gasteiger partial charge in [0.2, 0.25) is 0 Å². The summed E-state index contributed by atoms with van der Waals surface area (Å²) in [7, 11) is 0. The molecular weight excluding hydrogens is 246 g/mol. The molecule has 0 radical (unpaired) electrons. The first-order valence-corrected chi connectivity index (χ1v) is 8.38. The van der Waals surface area contributed by atoms with Gasteiger partial charge in [-0.25, -0.2) is 0 Å². The molecule has 1 aromatic heterocycles. The van der Waals surface area contributed by atoms with E-state index < -0.39 is 0 Å². The Morgan fingerprint density at radius 1 is 1.15 bits per heavy atom. The molecule has 0 saturated heterocycles. The average molecular weight is 273 g/mol. The Kier molecular flexibility index (Phi) is 2.95. The SMILES string of the molecule is Cc1cc(C)n(C(CN)C2C3CC4CC(C3)CC2C4)n1. The molecule has 2 N–H and O–H groups in total. The molecule has 5 rings (SSSR count). The van der Waals surface area contributed by atoms with E-state index in [2.05, 4.69) is 24.6 Å². The van der Waals surface area contributed by atoms with Gasteiger partial charge in [0.25, 0.3) is 0 Å². The van der Waals surface area contributed by atoms with Gasteiger partial charge in [-0.2, -0.15) is 5.10 Å². The van der Waals surface area contributed by atoms with E-state index in [9.17, 15) is 0 Å². The van der Waals surface area contributed by atoms with Crippen molar-refractivity contribution < 1.29 is 0 Å². The third kappa shape index (κ3) is 1.86. The normalized spacial score (nSPS) is 40.2. The Hall–Kier alpha value is -0.830. The molecule has 0 aromatic carbocycles. The molecule has 4 bridgehead atoms. The zero-order valence-electron chi connectivity index (χ0n) is 12.8. The second kappa shape index (κ2) is 4.59. The van der Waals surface area contributed by atoms with Gasteiger partial charge in [0.1, 0.15) is 0 Å². The highest BCUT2D eigenvalue weighted by Gasteiger charge is 2.50. The van der Waals surface area contributed by atoms with Gasteiger partial charge in [0, 0.05) is 12.2 Å². The van der Waals surface area contributed by atoms with Crippen molar-refractivity contribution in [3.05, 3.63) is 17.5 Å². The highest BCUT2D eigenvalue weighted by atomic mass is 15.3. The molecule has 20 heavy (non-hydrogen) atoms. The van der Waals surface area contributed by atoms with Crippen LogP contribution in [0.1, 0.15) is 49.5 Å². The third-order valence-corrected chi connectivity index (χ3v) is 6.34. The Morgan fingerprint density at radius 3 is 2.20 bits per heavy atom. The fourth-order valence-corrected chi connectivity index (χ4v) is 6.00. The molecule has 4 aliphatic rings. The minimum atomic E-state index is 0.429. The number of rotatable bonds is 3. The van der Waals surface area contributed by atoms with Crippen LogP contribution in [0.25, 0.3) is 0 Å². The molecule has 110 valence electrons. The van der Waals surface area contributed by atoms with Crippen LogP contribution in [0.3, 0.4) is 0 Å². The lowest BCUT2D eigenvalue weighted by molar-refractivity contribution is -0.0590. The Labute approximate surface area is 121 Å². The number of aromatic nitrogens is 2. The van der Waals surface area contributed by atoms with Gasteiger partial charge in [-0.15, -0.1) is 0 Å². The van der Waals surface area contributed by atoms with Crippen molar-refractivity contribution >= 4 is 0 Å². The van der Waals surface area contributed by atoms with Crippen molar-refractivity contribution in [2.24, 2.45) is 35.3 Å². The highest BCUT2D eigenvalue weighted by molar-refractivity contribution is 5.10. The number of aryl methyl sites for hydroxylation is 2. The first-order valence-electron chi connectivity index (χ1n) is 8.38. The van der Waals surface area contributed by atoms with Crippen LogP contribution in [0, 0.1) is 43.4 Å². The zero-order chi connectivity index (χ0) is 13.9. The summed E-state index contributed by atoms with van der Waals surface area (Å²) in [4.78, 5) is 0. The van der Waals surface area contributed by atoms with E-state index in [1.165, 1.54) is 37.8 Å². The maximum Gasteiger partial charge on any atom is 0.0677 e. The molecule has 3 heteroatoms. The summed E-state index contributed by atoms with van der Waals surface area (Å²) in [6.07, 6.45) is 7.38. The van der Waals surface area contributed by atoms with Crippen molar-refractivity contribution in [1.82, 2.24) is 9.78 Å². The van der Waals surface area contributed by atoms with Gasteiger partial charge >= 0.3 is 0 Å². The summed E-state index contributed by atoms with van der Waals surface area (Å²) >= 11 is 0. The minimum Gasteiger partial charge on any atom is -0.328 e. The summed E-state index contributed by atoms with van der Waals surface area (Å²) in [5.41, 5.74) is 8.62. The molecule has 4 saturated carbocycles. The first kappa shape index (κ1) is 12.9. The summed E-state index contributed by atoms with van der Waals surface area (Å²) in [6, 6.07) is 2.62. The van der Waals surface area contributed by atoms with E-state index >= 15 is 0 Å². The second-order valence-electron chi connectivity index (χ2n) is 7.68. The Balaban J connectivity index is 1.66. The van der Waals surface area contributed by atoms with Crippen LogP contribution in [0.2, 0.25) is 0 Å². The fourth-order valence-electron chi connectivity index (χ4n) is 6.00. The van der Waals surface area contributed by atoms with Gasteiger partial charge < -0.3 is 5.73 Å². The molecule has 0 amide bonds. The Bertz CT molecular complexity index is 476. The van der Waals surface area contributed by atoms with Crippen LogP contribution < -0.4 is 5.73 Å². The predicted molar refractivity (Wildman–Crippen MR) is 80.3 cm³/mol. The molecule has 1 aromatic rings. The summed E-state index contributed by atoms with van der Waals surface area (Å²) in [6.45, 7) is 5.02. The summed E-state index contributed by atoms with van der Waals surface area (Å²) in [5.74, 6) is 4.69. The summed E-state index contributed by atoms with van der Waals surface area (Å²) < 4.78 is 2.25. The lowest BCUT2D eigenvalue weighted by Crippen LogP contribution is -2.49. The molecule has 1 heterocycles. The average Bonchev–Trinajstić information content (AvgIpc) is 2.72. The standard InChI is InChI=1S/C17H27N3/c1-10-3-11(2)20(19-10)16(9-18)17-14-5-12-4-13(7-14)8-15(17)6-12/h3,12-17H,4-9,18H2,1-2H3. The molecular formula is C17H27N3. The largest absolute Gasteiger partial charge is 0.328 e. The van der Waals surface area contributed by atoms with Gasteiger partial charge in [-0.05, 0) is 81.6 Å². The highest BCUT2D eigenvalue weighted by Crippen LogP contribution is 2.59. The number of nitrogens with two attached hydrogens (primary N) is 1. The smallest absolute Gasteiger partial charge is 0.0677 e. The van der Waals surface area contributed by atoms with Crippen LogP contribution in [-0.4, -0.2) is 16.3 Å². The molecule has 1 atom stereocenters. The van der Waals surface area contributed by atoms with Crippen molar-refractivity contribution in [2.45, 2.75) is 52.0 Å². The molecule has 4 fully saturated rings. The maximum absolute atomic E-state index is 6.20. The van der Waals surface area contributed by atoms with E-state index in [0.29, 0.717) is 6.04 Å². The van der Waals surface area contributed by atoms with Crippen LogP contribution in [0.15, 0.2) is 6.07 Å². The Morgan fingerprint density at radius 2 is 1.75 bits per heavy atom. The van der Waals surface area contributed by atoms with Crippen LogP contribution in [0.5, 0.6) is 0 Å². The zero-order valence-corrected chi connectivity index (χ0v) is 12.8. The molecule has 4 aliphatic carbocycles. The van der Waals surface area contributed by atoms with Crippen molar-refractivity contribution in [3.8, 4) is 0 Å². The first-order chi connectivity index (χ1) is 9.65. The van der Waals surface area contributed by atoms with E-state index in [1.54, 1.807) is 0 Å². The van der Waals surface area contributed by atoms with E-state index in [-0.39, 0.29) is 0 Å². The predicted octanol–water partition coefficient (Wildman–Crippen LogP) is 3.07. The van der Waals surface area contributed by atoms with Gasteiger partial charge in [-0.1, -0.05) is 0 Å². The second-order valence-corrected chi connectivity index (χ2v) is 7.68. The van der Waals surface area contributed by atoms with Gasteiger partial charge in [0.05, 0.1) is 11.7 Å². The summed E-state index contributed by atoms with van der Waals surface area (Å²) in [5, 5.41) is 4.75. The third-order valence-electron chi connectivity index (χ3n) is 6.34. The minimum absolute atomic E-state index is 0.429. The molecule has 3 nitrogen and oxygen atoms in total. The van der Waals surface area contributed by atoms with Gasteiger partial charge in [0.15, 0.2) is 0 Å². The molecule has 1 unspecified atom stereocenters. The van der Waals surface area contributed by atoms with E-state index in [4.69, 9.17) is 10.8 Å². The van der Waals surface area contributed by atoms with Gasteiger partial charge in [-0.3, -0.25) is 4.68 Å².